The molecular formula is C25H33ClFN6O7P. The number of nitrogens with zero attached hydrogens (tertiary/aromatic N) is 4. The number of aliphatic hydroxyl groups excluding tert-OH is 1. The number of aryl methyl sites for hydroxylation is 1. The molecule has 1 aliphatic rings. The van der Waals surface area contributed by atoms with E-state index in [0.717, 1.165) is 0 Å². The maximum absolute atomic E-state index is 15.7. The molecule has 1 aliphatic heterocycles. The number of aromatic nitrogens is 4. The third-order valence-electron chi connectivity index (χ3n) is 6.24. The lowest BCUT2D eigenvalue weighted by atomic mass is 9.99. The highest BCUT2D eigenvalue weighted by molar-refractivity contribution is 7.52. The summed E-state index contributed by atoms with van der Waals surface area (Å²) in [6.07, 6.45) is -4.30. The van der Waals surface area contributed by atoms with Crippen LogP contribution in [0.2, 0.25) is 0 Å². The zero-order valence-corrected chi connectivity index (χ0v) is 24.8. The zero-order chi connectivity index (χ0) is 29.9. The van der Waals surface area contributed by atoms with Crippen LogP contribution < -0.4 is 14.9 Å². The molecule has 41 heavy (non-hydrogen) atoms. The first-order chi connectivity index (χ1) is 19.4. The molecule has 1 unspecified atom stereocenters. The zero-order valence-electron chi connectivity index (χ0n) is 23.2. The fourth-order valence-corrected chi connectivity index (χ4v) is 6.06. The molecule has 224 valence electrons. The molecule has 0 amide bonds. The van der Waals surface area contributed by atoms with Gasteiger partial charge in [-0.2, -0.15) is 5.09 Å². The molecule has 1 aromatic carbocycles. The Bertz CT molecular complexity index is 1420. The minimum Gasteiger partial charge on any atom is -0.462 e. The SMILES string of the molecule is CNc1nc(C)nc2c1ncn2[C@@H]1O[C@](CCl)(COP(=O)(N[C@@H](C)C(=O)OC(C)C)Oc2ccccc2)[C@@H](O)[C@@H]1F. The molecule has 0 aliphatic carbocycles. The molecule has 13 nitrogen and oxygen atoms in total. The number of carbonyl (C=O) groups excluding carboxylic acids is 1. The molecule has 16 heteroatoms. The van der Waals surface area contributed by atoms with Crippen molar-refractivity contribution in [3.05, 3.63) is 42.5 Å². The third-order valence-corrected chi connectivity index (χ3v) is 8.32. The second kappa shape index (κ2) is 12.6. The molecule has 6 atom stereocenters. The van der Waals surface area contributed by atoms with Gasteiger partial charge in [0.1, 0.15) is 29.3 Å². The quantitative estimate of drug-likeness (QED) is 0.155. The second-order valence-corrected chi connectivity index (χ2v) is 11.8. The summed E-state index contributed by atoms with van der Waals surface area (Å²) < 4.78 is 53.4. The van der Waals surface area contributed by atoms with Crippen LogP contribution in [0.25, 0.3) is 11.2 Å². The summed E-state index contributed by atoms with van der Waals surface area (Å²) in [5.74, 6) is -0.132. The number of aliphatic hydroxyl groups is 1. The highest BCUT2D eigenvalue weighted by atomic mass is 35.5. The predicted octanol–water partition coefficient (Wildman–Crippen LogP) is 3.52. The van der Waals surface area contributed by atoms with E-state index >= 15 is 4.39 Å². The number of ether oxygens (including phenoxy) is 2. The number of para-hydroxylation sites is 1. The Morgan fingerprint density at radius 2 is 2.00 bits per heavy atom. The number of halogens is 2. The van der Waals surface area contributed by atoms with Gasteiger partial charge in [0.25, 0.3) is 0 Å². The van der Waals surface area contributed by atoms with Crippen molar-refractivity contribution in [2.75, 3.05) is 24.9 Å². The van der Waals surface area contributed by atoms with E-state index in [1.165, 1.54) is 30.0 Å². The molecule has 4 rings (SSSR count). The van der Waals surface area contributed by atoms with Gasteiger partial charge in [-0.1, -0.05) is 18.2 Å². The van der Waals surface area contributed by atoms with Crippen LogP contribution in [0.1, 0.15) is 32.8 Å². The van der Waals surface area contributed by atoms with Crippen LogP contribution in [0.5, 0.6) is 5.75 Å². The maximum atomic E-state index is 15.7. The number of nitrogens with one attached hydrogen (secondary N) is 2. The summed E-state index contributed by atoms with van der Waals surface area (Å²) in [6.45, 7) is 5.77. The van der Waals surface area contributed by atoms with Crippen molar-refractivity contribution in [2.45, 2.75) is 63.9 Å². The number of carbonyl (C=O) groups is 1. The second-order valence-electron chi connectivity index (χ2n) is 9.80. The van der Waals surface area contributed by atoms with E-state index < -0.39 is 62.5 Å². The first-order valence-electron chi connectivity index (χ1n) is 12.8. The van der Waals surface area contributed by atoms with Crippen molar-refractivity contribution >= 4 is 42.3 Å². The monoisotopic (exact) mass is 614 g/mol. The summed E-state index contributed by atoms with van der Waals surface area (Å²) in [6, 6.07) is 6.99. The summed E-state index contributed by atoms with van der Waals surface area (Å²) in [5, 5.41) is 16.5. The lowest BCUT2D eigenvalue weighted by molar-refractivity contribution is -0.149. The lowest BCUT2D eigenvalue weighted by Crippen LogP contribution is -2.48. The van der Waals surface area contributed by atoms with Gasteiger partial charge in [0.2, 0.25) is 0 Å². The molecule has 1 saturated heterocycles. The molecule has 0 bridgehead atoms. The number of imidazole rings is 1. The summed E-state index contributed by atoms with van der Waals surface area (Å²) in [7, 11) is -2.69. The van der Waals surface area contributed by atoms with Crippen molar-refractivity contribution in [1.82, 2.24) is 24.6 Å². The van der Waals surface area contributed by atoms with E-state index in [2.05, 4.69) is 25.4 Å². The first kappa shape index (κ1) is 31.1. The number of anilines is 1. The van der Waals surface area contributed by atoms with Gasteiger partial charge in [-0.15, -0.1) is 11.6 Å². The van der Waals surface area contributed by atoms with Gasteiger partial charge in [-0.3, -0.25) is 13.9 Å². The lowest BCUT2D eigenvalue weighted by Gasteiger charge is -2.31. The van der Waals surface area contributed by atoms with Crippen LogP contribution in [-0.2, 0) is 23.4 Å². The van der Waals surface area contributed by atoms with E-state index in [0.29, 0.717) is 17.2 Å². The van der Waals surface area contributed by atoms with Crippen molar-refractivity contribution in [2.24, 2.45) is 0 Å². The standard InChI is InChI=1S/C25H33ClFN6O7P/c1-14(2)38-24(35)15(3)32-41(36,40-17-9-7-6-8-10-17)37-12-25(11-26)20(34)18(27)23(39-25)33-13-29-19-21(28-5)30-16(4)31-22(19)33/h6-10,13-15,18,20,23,34H,11-12H2,1-5H3,(H,32,36)(H,28,30,31)/t15-,18-,20-,23+,25+,41?/m0/s1. The normalized spacial score (nSPS) is 24.8. The Balaban J connectivity index is 1.61. The number of esters is 1. The van der Waals surface area contributed by atoms with E-state index in [1.54, 1.807) is 46.0 Å². The van der Waals surface area contributed by atoms with E-state index in [-0.39, 0.29) is 11.4 Å². The highest BCUT2D eigenvalue weighted by Crippen LogP contribution is 2.49. The van der Waals surface area contributed by atoms with Crippen LogP contribution in [0.3, 0.4) is 0 Å². The van der Waals surface area contributed by atoms with Crippen LogP contribution in [0.4, 0.5) is 10.2 Å². The molecule has 1 fully saturated rings. The van der Waals surface area contributed by atoms with Gasteiger partial charge in [-0.05, 0) is 39.8 Å². The maximum Gasteiger partial charge on any atom is 0.459 e. The van der Waals surface area contributed by atoms with Crippen LogP contribution in [0.15, 0.2) is 36.7 Å². The van der Waals surface area contributed by atoms with E-state index in [1.807, 2.05) is 0 Å². The number of hydrogen-bond acceptors (Lipinski definition) is 11. The average Bonchev–Trinajstić information content (AvgIpc) is 3.46. The van der Waals surface area contributed by atoms with Crippen molar-refractivity contribution in [3.8, 4) is 5.75 Å². The van der Waals surface area contributed by atoms with Crippen LogP contribution >= 0.6 is 19.3 Å². The first-order valence-corrected chi connectivity index (χ1v) is 14.9. The smallest absolute Gasteiger partial charge is 0.459 e. The summed E-state index contributed by atoms with van der Waals surface area (Å²) in [5.41, 5.74) is -1.23. The molecular weight excluding hydrogens is 582 g/mol. The van der Waals surface area contributed by atoms with E-state index in [4.69, 9.17) is 30.1 Å². The van der Waals surface area contributed by atoms with Crippen molar-refractivity contribution < 1.29 is 37.4 Å². The number of fused-ring (bicyclic) bond motifs is 1. The van der Waals surface area contributed by atoms with E-state index in [9.17, 15) is 14.5 Å². The fourth-order valence-electron chi connectivity index (χ4n) is 4.21. The molecule has 0 saturated carbocycles. The topological polar surface area (TPSA) is 159 Å². The number of hydrogen-bond donors (Lipinski definition) is 3. The molecule has 3 heterocycles. The Morgan fingerprint density at radius 1 is 1.29 bits per heavy atom. The summed E-state index contributed by atoms with van der Waals surface area (Å²) in [4.78, 5) is 25.3. The van der Waals surface area contributed by atoms with Crippen molar-refractivity contribution in [1.29, 1.82) is 0 Å². The van der Waals surface area contributed by atoms with Gasteiger partial charge >= 0.3 is 13.7 Å². The predicted molar refractivity (Wildman–Crippen MR) is 149 cm³/mol. The number of benzene rings is 1. The minimum atomic E-state index is -4.36. The van der Waals surface area contributed by atoms with Gasteiger partial charge < -0.3 is 24.4 Å². The van der Waals surface area contributed by atoms with Gasteiger partial charge in [0.05, 0.1) is 24.9 Å². The van der Waals surface area contributed by atoms with Crippen LogP contribution in [-0.4, -0.2) is 80.2 Å². The Labute approximate surface area is 241 Å². The molecule has 2 aromatic heterocycles. The molecule has 3 N–H and O–H groups in total. The molecule has 3 aromatic rings. The Morgan fingerprint density at radius 3 is 2.63 bits per heavy atom. The van der Waals surface area contributed by atoms with Crippen molar-refractivity contribution in [3.63, 3.8) is 0 Å². The van der Waals surface area contributed by atoms with Gasteiger partial charge in [0, 0.05) is 7.05 Å². The third kappa shape index (κ3) is 6.63. The Hall–Kier alpha value is -2.87. The highest BCUT2D eigenvalue weighted by Gasteiger charge is 2.57. The fraction of sp³-hybridized carbons (Fsp3) is 0.520. The van der Waals surface area contributed by atoms with Crippen LogP contribution in [0, 0.1) is 6.92 Å². The molecule has 0 spiro atoms. The number of rotatable bonds is 12. The minimum absolute atomic E-state index is 0.169. The Kier molecular flexibility index (Phi) is 9.52. The van der Waals surface area contributed by atoms with Gasteiger partial charge in [0.15, 0.2) is 29.4 Å². The summed E-state index contributed by atoms with van der Waals surface area (Å²) >= 11 is 6.23. The van der Waals surface area contributed by atoms with Gasteiger partial charge in [-0.25, -0.2) is 23.9 Å². The largest absolute Gasteiger partial charge is 0.462 e. The molecule has 0 radical (unpaired) electrons. The average molecular weight is 615 g/mol. The number of alkyl halides is 2.